The predicted molar refractivity (Wildman–Crippen MR) is 90.4 cm³/mol. The average molecular weight is 313 g/mol. The Morgan fingerprint density at radius 2 is 1.74 bits per heavy atom. The Balaban J connectivity index is 2.81. The quantitative estimate of drug-likeness (QED) is 0.533. The number of hydrogen-bond donors (Lipinski definition) is 0. The summed E-state index contributed by atoms with van der Waals surface area (Å²) in [6.07, 6.45) is 12.3. The molecule has 0 aromatic carbocycles. The van der Waals surface area contributed by atoms with Crippen molar-refractivity contribution in [3.8, 4) is 0 Å². The molecule has 0 aliphatic carbocycles. The number of thiophene rings is 1. The molecule has 3 heteroatoms. The van der Waals surface area contributed by atoms with Gasteiger partial charge in [0, 0.05) is 5.56 Å². The fourth-order valence-corrected chi connectivity index (χ4v) is 3.01. The van der Waals surface area contributed by atoms with Crippen molar-refractivity contribution in [2.45, 2.75) is 27.7 Å². The van der Waals surface area contributed by atoms with Gasteiger partial charge in [0.15, 0.2) is 0 Å². The van der Waals surface area contributed by atoms with Crippen LogP contribution in [0.3, 0.4) is 0 Å². The Kier molecular flexibility index (Phi) is 6.64. The second-order valence-corrected chi connectivity index (χ2v) is 6.55. The lowest BCUT2D eigenvalue weighted by molar-refractivity contribution is 1.46. The Hall–Kier alpha value is -0.760. The Morgan fingerprint density at radius 3 is 2.26 bits per heavy atom. The first-order chi connectivity index (χ1) is 8.95. The van der Waals surface area contributed by atoms with E-state index in [9.17, 15) is 0 Å². The van der Waals surface area contributed by atoms with Crippen molar-refractivity contribution < 1.29 is 0 Å². The van der Waals surface area contributed by atoms with Gasteiger partial charge in [0.1, 0.15) is 4.34 Å². The van der Waals surface area contributed by atoms with E-state index < -0.39 is 0 Å². The van der Waals surface area contributed by atoms with Crippen molar-refractivity contribution in [2.24, 2.45) is 0 Å². The summed E-state index contributed by atoms with van der Waals surface area (Å²) in [6.45, 7) is 8.15. The first-order valence-corrected chi connectivity index (χ1v) is 7.63. The summed E-state index contributed by atoms with van der Waals surface area (Å²) in [5.41, 5.74) is 4.47. The maximum absolute atomic E-state index is 6.14. The molecule has 0 amide bonds. The smallest absolute Gasteiger partial charge is 0.102 e. The third-order valence-electron chi connectivity index (χ3n) is 2.78. The number of halogens is 2. The molecule has 0 aliphatic heterocycles. The van der Waals surface area contributed by atoms with Crippen molar-refractivity contribution >= 4 is 40.6 Å². The van der Waals surface area contributed by atoms with E-state index in [1.54, 1.807) is 0 Å². The molecule has 1 aromatic rings. The molecule has 0 nitrogen and oxygen atoms in total. The summed E-state index contributed by atoms with van der Waals surface area (Å²) in [5.74, 6) is 0. The van der Waals surface area contributed by atoms with Gasteiger partial charge in [0.25, 0.3) is 0 Å². The van der Waals surface area contributed by atoms with Crippen molar-refractivity contribution in [2.75, 3.05) is 0 Å². The van der Waals surface area contributed by atoms with Crippen LogP contribution >= 0.6 is 34.5 Å². The summed E-state index contributed by atoms with van der Waals surface area (Å²) in [6, 6.07) is 0. The van der Waals surface area contributed by atoms with Gasteiger partial charge in [-0.15, -0.1) is 11.3 Å². The van der Waals surface area contributed by atoms with Crippen LogP contribution in [0, 0.1) is 6.92 Å². The molecular formula is C16H18Cl2S. The van der Waals surface area contributed by atoms with Crippen molar-refractivity contribution in [3.05, 3.63) is 61.3 Å². The topological polar surface area (TPSA) is 0 Å². The van der Waals surface area contributed by atoms with E-state index >= 15 is 0 Å². The van der Waals surface area contributed by atoms with E-state index in [1.165, 1.54) is 16.9 Å². The van der Waals surface area contributed by atoms with Gasteiger partial charge in [-0.2, -0.15) is 0 Å². The molecule has 102 valence electrons. The van der Waals surface area contributed by atoms with Crippen LogP contribution in [0.4, 0.5) is 0 Å². The molecule has 0 aliphatic rings. The number of allylic oxidation sites excluding steroid dienone is 7. The predicted octanol–water partition coefficient (Wildman–Crippen LogP) is 6.85. The van der Waals surface area contributed by atoms with Crippen LogP contribution in [0.2, 0.25) is 8.67 Å². The summed E-state index contributed by atoms with van der Waals surface area (Å²) in [7, 11) is 0. The molecule has 0 N–H and O–H groups in total. The lowest BCUT2D eigenvalue weighted by Gasteiger charge is -1.94. The van der Waals surface area contributed by atoms with Gasteiger partial charge >= 0.3 is 0 Å². The van der Waals surface area contributed by atoms with Crippen LogP contribution in [-0.2, 0) is 0 Å². The molecule has 0 fully saturated rings. The van der Waals surface area contributed by atoms with Gasteiger partial charge in [-0.3, -0.25) is 0 Å². The molecule has 0 radical (unpaired) electrons. The molecule has 0 atom stereocenters. The minimum absolute atomic E-state index is 0.742. The second-order valence-electron chi connectivity index (χ2n) is 4.32. The van der Waals surface area contributed by atoms with E-state index in [2.05, 4.69) is 32.1 Å². The summed E-state index contributed by atoms with van der Waals surface area (Å²) in [5, 5.41) is 0. The monoisotopic (exact) mass is 312 g/mol. The zero-order chi connectivity index (χ0) is 14.4. The number of rotatable bonds is 4. The van der Waals surface area contributed by atoms with E-state index in [4.69, 9.17) is 23.2 Å². The highest BCUT2D eigenvalue weighted by atomic mass is 35.5. The molecule has 0 unspecified atom stereocenters. The van der Waals surface area contributed by atoms with Gasteiger partial charge in [-0.05, 0) is 33.3 Å². The molecule has 19 heavy (non-hydrogen) atoms. The summed E-state index contributed by atoms with van der Waals surface area (Å²) < 4.78 is 1.50. The van der Waals surface area contributed by atoms with Crippen LogP contribution < -0.4 is 0 Å². The Morgan fingerprint density at radius 1 is 1.05 bits per heavy atom. The van der Waals surface area contributed by atoms with Gasteiger partial charge in [-0.25, -0.2) is 0 Å². The zero-order valence-corrected chi connectivity index (χ0v) is 14.0. The molecular weight excluding hydrogens is 295 g/mol. The van der Waals surface area contributed by atoms with Crippen LogP contribution in [0.5, 0.6) is 0 Å². The largest absolute Gasteiger partial charge is 0.111 e. The van der Waals surface area contributed by atoms with Crippen LogP contribution in [-0.4, -0.2) is 0 Å². The SMILES string of the molecule is C/C=C(C)/C=C/C=C(\C)C=Cc1c(Cl)sc(Cl)c1C. The minimum Gasteiger partial charge on any atom is -0.111 e. The van der Waals surface area contributed by atoms with Gasteiger partial charge < -0.3 is 0 Å². The zero-order valence-electron chi connectivity index (χ0n) is 11.6. The molecule has 0 saturated heterocycles. The highest BCUT2D eigenvalue weighted by molar-refractivity contribution is 7.20. The van der Waals surface area contributed by atoms with Crippen molar-refractivity contribution in [3.63, 3.8) is 0 Å². The van der Waals surface area contributed by atoms with Gasteiger partial charge in [0.05, 0.1) is 4.34 Å². The maximum Gasteiger partial charge on any atom is 0.102 e. The Bertz CT molecular complexity index is 558. The fourth-order valence-electron chi connectivity index (χ4n) is 1.37. The highest BCUT2D eigenvalue weighted by Gasteiger charge is 2.08. The van der Waals surface area contributed by atoms with Gasteiger partial charge in [0.2, 0.25) is 0 Å². The average Bonchev–Trinajstić information content (AvgIpc) is 2.61. The molecule has 1 aromatic heterocycles. The molecule has 0 spiro atoms. The van der Waals surface area contributed by atoms with Crippen molar-refractivity contribution in [1.82, 2.24) is 0 Å². The van der Waals surface area contributed by atoms with Crippen LogP contribution in [0.15, 0.2) is 41.5 Å². The first-order valence-electron chi connectivity index (χ1n) is 6.06. The standard InChI is InChI=1S/C16H18Cl2S/c1-5-11(2)7-6-8-12(3)9-10-14-13(4)15(17)19-16(14)18/h5-10H,1-4H3/b7-6+,10-9?,11-5+,12-8+. The molecule has 1 heterocycles. The minimum atomic E-state index is 0.742. The van der Waals surface area contributed by atoms with Crippen LogP contribution in [0.1, 0.15) is 31.9 Å². The molecule has 0 bridgehead atoms. The lowest BCUT2D eigenvalue weighted by Crippen LogP contribution is -1.74. The third kappa shape index (κ3) is 5.02. The maximum atomic E-state index is 6.14. The molecule has 1 rings (SSSR count). The van der Waals surface area contributed by atoms with E-state index in [0.717, 1.165) is 25.4 Å². The van der Waals surface area contributed by atoms with E-state index in [-0.39, 0.29) is 0 Å². The van der Waals surface area contributed by atoms with Crippen molar-refractivity contribution in [1.29, 1.82) is 0 Å². The first kappa shape index (κ1) is 16.3. The summed E-state index contributed by atoms with van der Waals surface area (Å²) >= 11 is 13.6. The Labute approximate surface area is 129 Å². The molecule has 0 saturated carbocycles. The van der Waals surface area contributed by atoms with Gasteiger partial charge in [-0.1, -0.05) is 70.8 Å². The fraction of sp³-hybridized carbons (Fsp3) is 0.250. The normalized spacial score (nSPS) is 14.0. The lowest BCUT2D eigenvalue weighted by atomic mass is 10.1. The number of hydrogen-bond acceptors (Lipinski definition) is 1. The van der Waals surface area contributed by atoms with Crippen LogP contribution in [0.25, 0.3) is 6.08 Å². The van der Waals surface area contributed by atoms with E-state index in [0.29, 0.717) is 0 Å². The highest BCUT2D eigenvalue weighted by Crippen LogP contribution is 2.36. The summed E-state index contributed by atoms with van der Waals surface area (Å²) in [4.78, 5) is 0. The third-order valence-corrected chi connectivity index (χ3v) is 4.61. The van der Waals surface area contributed by atoms with E-state index in [1.807, 2.05) is 32.1 Å². The second kappa shape index (κ2) is 7.74.